The molecule has 0 atom stereocenters. The zero-order valence-corrected chi connectivity index (χ0v) is 16.6. The molecule has 1 heterocycles. The predicted molar refractivity (Wildman–Crippen MR) is 110 cm³/mol. The highest BCUT2D eigenvalue weighted by Gasteiger charge is 2.20. The van der Waals surface area contributed by atoms with Crippen molar-refractivity contribution in [1.29, 1.82) is 0 Å². The number of benzene rings is 2. The molecule has 2 aromatic rings. The van der Waals surface area contributed by atoms with Gasteiger partial charge in [0.05, 0.1) is 25.9 Å². The fourth-order valence-corrected chi connectivity index (χ4v) is 3.19. The van der Waals surface area contributed by atoms with Crippen LogP contribution < -0.4 is 19.9 Å². The number of ether oxygens (including phenoxy) is 2. The lowest BCUT2D eigenvalue weighted by Crippen LogP contribution is -2.38. The second-order valence-electron chi connectivity index (χ2n) is 6.88. The number of phenolic OH excluding ortho intramolecular Hbond substituents is 1. The lowest BCUT2D eigenvalue weighted by atomic mass is 10.1. The number of nitrogens with zero attached hydrogens (tertiary/aromatic N) is 2. The number of carbonyl (C=O) groups excluding carboxylic acids is 1. The van der Waals surface area contributed by atoms with Gasteiger partial charge in [0.2, 0.25) is 0 Å². The van der Waals surface area contributed by atoms with Crippen LogP contribution in [0.25, 0.3) is 0 Å². The molecule has 3 rings (SSSR count). The van der Waals surface area contributed by atoms with Crippen molar-refractivity contribution in [2.24, 2.45) is 0 Å². The zero-order valence-electron chi connectivity index (χ0n) is 16.6. The number of amides is 1. The third-order valence-electron chi connectivity index (χ3n) is 4.79. The molecule has 1 aliphatic rings. The van der Waals surface area contributed by atoms with Crippen molar-refractivity contribution in [3.8, 4) is 11.5 Å². The third kappa shape index (κ3) is 4.48. The van der Waals surface area contributed by atoms with Gasteiger partial charge in [-0.15, -0.1) is 0 Å². The molecule has 0 spiro atoms. The zero-order chi connectivity index (χ0) is 20.1. The standard InChI is InChI=1S/C21H27N3O4/c1-23(2)16-5-6-18(24-8-10-28-11-9-24)17(13-16)21(26)22-14-15-4-7-20(27-3)19(25)12-15/h4-7,12-13,25H,8-11,14H2,1-3H3,(H,22,26). The van der Waals surface area contributed by atoms with E-state index in [1.54, 1.807) is 12.1 Å². The number of methoxy groups -OCH3 is 1. The van der Waals surface area contributed by atoms with Gasteiger partial charge in [-0.3, -0.25) is 4.79 Å². The minimum absolute atomic E-state index is 0.0536. The van der Waals surface area contributed by atoms with Crippen LogP contribution in [0.5, 0.6) is 11.5 Å². The summed E-state index contributed by atoms with van der Waals surface area (Å²) in [4.78, 5) is 17.1. The monoisotopic (exact) mass is 385 g/mol. The molecule has 7 nitrogen and oxygen atoms in total. The van der Waals surface area contributed by atoms with Gasteiger partial charge in [0.1, 0.15) is 0 Å². The first kappa shape index (κ1) is 19.8. The number of morpholine rings is 1. The Morgan fingerprint density at radius 3 is 2.61 bits per heavy atom. The van der Waals surface area contributed by atoms with Crippen LogP contribution in [0.2, 0.25) is 0 Å². The summed E-state index contributed by atoms with van der Waals surface area (Å²) < 4.78 is 10.5. The third-order valence-corrected chi connectivity index (χ3v) is 4.79. The molecule has 28 heavy (non-hydrogen) atoms. The Labute approximate surface area is 165 Å². The van der Waals surface area contributed by atoms with Crippen LogP contribution in [-0.2, 0) is 11.3 Å². The lowest BCUT2D eigenvalue weighted by molar-refractivity contribution is 0.0949. The van der Waals surface area contributed by atoms with Crippen molar-refractivity contribution in [3.63, 3.8) is 0 Å². The fourth-order valence-electron chi connectivity index (χ4n) is 3.19. The molecule has 7 heteroatoms. The molecule has 0 aromatic heterocycles. The first-order valence-corrected chi connectivity index (χ1v) is 9.27. The molecule has 0 aliphatic carbocycles. The van der Waals surface area contributed by atoms with E-state index in [4.69, 9.17) is 9.47 Å². The van der Waals surface area contributed by atoms with Crippen molar-refractivity contribution in [3.05, 3.63) is 47.5 Å². The van der Waals surface area contributed by atoms with Crippen molar-refractivity contribution in [2.75, 3.05) is 57.3 Å². The highest BCUT2D eigenvalue weighted by atomic mass is 16.5. The van der Waals surface area contributed by atoms with Gasteiger partial charge < -0.3 is 29.7 Å². The topological polar surface area (TPSA) is 74.3 Å². The Morgan fingerprint density at radius 2 is 1.96 bits per heavy atom. The van der Waals surface area contributed by atoms with Crippen LogP contribution in [0, 0.1) is 0 Å². The summed E-state index contributed by atoms with van der Waals surface area (Å²) in [5, 5.41) is 12.9. The predicted octanol–water partition coefficient (Wildman–Crippen LogP) is 2.23. The molecule has 1 saturated heterocycles. The van der Waals surface area contributed by atoms with E-state index in [0.717, 1.165) is 30.0 Å². The molecule has 2 aromatic carbocycles. The van der Waals surface area contributed by atoms with Crippen molar-refractivity contribution >= 4 is 17.3 Å². The van der Waals surface area contributed by atoms with Crippen LogP contribution in [0.3, 0.4) is 0 Å². The summed E-state index contributed by atoms with van der Waals surface area (Å²) in [5.41, 5.74) is 3.29. The van der Waals surface area contributed by atoms with Gasteiger partial charge in [0, 0.05) is 45.1 Å². The number of rotatable bonds is 6. The number of nitrogens with one attached hydrogen (secondary N) is 1. The summed E-state index contributed by atoms with van der Waals surface area (Å²) in [6.07, 6.45) is 0. The Hall–Kier alpha value is -2.93. The Morgan fingerprint density at radius 1 is 1.21 bits per heavy atom. The number of carbonyl (C=O) groups is 1. The largest absolute Gasteiger partial charge is 0.504 e. The van der Waals surface area contributed by atoms with Gasteiger partial charge in [0.25, 0.3) is 5.91 Å². The summed E-state index contributed by atoms with van der Waals surface area (Å²) in [6.45, 7) is 3.14. The highest BCUT2D eigenvalue weighted by molar-refractivity contribution is 6.00. The molecular weight excluding hydrogens is 358 g/mol. The molecule has 0 saturated carbocycles. The van der Waals surface area contributed by atoms with Crippen molar-refractivity contribution in [1.82, 2.24) is 5.32 Å². The SMILES string of the molecule is COc1ccc(CNC(=O)c2cc(N(C)C)ccc2N2CCOCC2)cc1O. The van der Waals surface area contributed by atoms with E-state index in [-0.39, 0.29) is 11.7 Å². The van der Waals surface area contributed by atoms with E-state index in [2.05, 4.69) is 10.2 Å². The van der Waals surface area contributed by atoms with Crippen LogP contribution >= 0.6 is 0 Å². The molecular formula is C21H27N3O4. The van der Waals surface area contributed by atoms with Gasteiger partial charge in [0.15, 0.2) is 11.5 Å². The highest BCUT2D eigenvalue weighted by Crippen LogP contribution is 2.28. The molecule has 150 valence electrons. The quantitative estimate of drug-likeness (QED) is 0.794. The summed E-state index contributed by atoms with van der Waals surface area (Å²) >= 11 is 0. The maximum absolute atomic E-state index is 13.0. The van der Waals surface area contributed by atoms with Gasteiger partial charge in [-0.25, -0.2) is 0 Å². The summed E-state index contributed by atoms with van der Waals surface area (Å²) in [7, 11) is 5.40. The van der Waals surface area contributed by atoms with Crippen LogP contribution in [-0.4, -0.2) is 58.5 Å². The van der Waals surface area contributed by atoms with E-state index in [0.29, 0.717) is 31.1 Å². The van der Waals surface area contributed by atoms with Crippen LogP contribution in [0.4, 0.5) is 11.4 Å². The summed E-state index contributed by atoms with van der Waals surface area (Å²) in [6, 6.07) is 11.0. The molecule has 0 bridgehead atoms. The Bertz CT molecular complexity index is 832. The molecule has 2 N–H and O–H groups in total. The number of phenols is 1. The van der Waals surface area contributed by atoms with Gasteiger partial charge in [-0.1, -0.05) is 6.07 Å². The average Bonchev–Trinajstić information content (AvgIpc) is 2.72. The normalized spacial score (nSPS) is 13.9. The average molecular weight is 385 g/mol. The van der Waals surface area contributed by atoms with Crippen LogP contribution in [0.15, 0.2) is 36.4 Å². The van der Waals surface area contributed by atoms with E-state index in [1.165, 1.54) is 7.11 Å². The van der Waals surface area contributed by atoms with E-state index in [1.807, 2.05) is 43.3 Å². The minimum Gasteiger partial charge on any atom is -0.504 e. The second-order valence-corrected chi connectivity index (χ2v) is 6.88. The van der Waals surface area contributed by atoms with Gasteiger partial charge in [-0.05, 0) is 35.9 Å². The minimum atomic E-state index is -0.152. The Balaban J connectivity index is 1.80. The maximum atomic E-state index is 13.0. The first-order chi connectivity index (χ1) is 13.5. The molecule has 1 amide bonds. The number of hydrogen-bond acceptors (Lipinski definition) is 6. The Kier molecular flexibility index (Phi) is 6.26. The van der Waals surface area contributed by atoms with E-state index >= 15 is 0 Å². The first-order valence-electron chi connectivity index (χ1n) is 9.27. The van der Waals surface area contributed by atoms with Crippen molar-refractivity contribution < 1.29 is 19.4 Å². The summed E-state index contributed by atoms with van der Waals surface area (Å²) in [5.74, 6) is 0.307. The van der Waals surface area contributed by atoms with Gasteiger partial charge >= 0.3 is 0 Å². The molecule has 1 aliphatic heterocycles. The fraction of sp³-hybridized carbons (Fsp3) is 0.381. The molecule has 0 unspecified atom stereocenters. The van der Waals surface area contributed by atoms with E-state index < -0.39 is 0 Å². The molecule has 0 radical (unpaired) electrons. The smallest absolute Gasteiger partial charge is 0.253 e. The number of aromatic hydroxyl groups is 1. The number of hydrogen-bond donors (Lipinski definition) is 2. The molecule has 1 fully saturated rings. The lowest BCUT2D eigenvalue weighted by Gasteiger charge is -2.31. The maximum Gasteiger partial charge on any atom is 0.253 e. The van der Waals surface area contributed by atoms with Crippen molar-refractivity contribution in [2.45, 2.75) is 6.54 Å². The van der Waals surface area contributed by atoms with Crippen LogP contribution in [0.1, 0.15) is 15.9 Å². The second kappa shape index (κ2) is 8.84. The number of anilines is 2. The van der Waals surface area contributed by atoms with Gasteiger partial charge in [-0.2, -0.15) is 0 Å². The van der Waals surface area contributed by atoms with E-state index in [9.17, 15) is 9.90 Å².